The number of hydrogen-bond acceptors (Lipinski definition) is 7. The van der Waals surface area contributed by atoms with Crippen LogP contribution in [0, 0.1) is 6.92 Å². The molecule has 4 rings (SSSR count). The smallest absolute Gasteiger partial charge is 0.254 e. The molecule has 1 fully saturated rings. The summed E-state index contributed by atoms with van der Waals surface area (Å²) in [5, 5.41) is 8.81. The van der Waals surface area contributed by atoms with Crippen molar-refractivity contribution in [1.82, 2.24) is 20.0 Å². The monoisotopic (exact) mass is 503 g/mol. The second-order valence-corrected chi connectivity index (χ2v) is 8.91. The fourth-order valence-electron chi connectivity index (χ4n) is 4.32. The van der Waals surface area contributed by atoms with E-state index in [1.807, 2.05) is 61.5 Å². The third-order valence-corrected chi connectivity index (χ3v) is 6.53. The summed E-state index contributed by atoms with van der Waals surface area (Å²) in [7, 11) is 3.22. The molecule has 1 aliphatic heterocycles. The second-order valence-electron chi connectivity index (χ2n) is 8.91. The fraction of sp³-hybridized carbons (Fsp3) is 0.357. The van der Waals surface area contributed by atoms with Crippen molar-refractivity contribution < 1.29 is 19.1 Å². The number of carbonyl (C=O) groups is 2. The van der Waals surface area contributed by atoms with Crippen molar-refractivity contribution in [3.05, 3.63) is 71.8 Å². The first-order chi connectivity index (χ1) is 18.0. The highest BCUT2D eigenvalue weighted by molar-refractivity contribution is 5.97. The molecule has 0 spiro atoms. The average Bonchev–Trinajstić information content (AvgIpc) is 2.95. The minimum atomic E-state index is -0.159. The van der Waals surface area contributed by atoms with Crippen LogP contribution in [0.5, 0.6) is 5.75 Å². The maximum absolute atomic E-state index is 13.2. The minimum Gasteiger partial charge on any atom is -0.497 e. The van der Waals surface area contributed by atoms with E-state index in [1.54, 1.807) is 30.1 Å². The van der Waals surface area contributed by atoms with Gasteiger partial charge in [-0.1, -0.05) is 30.3 Å². The molecule has 37 heavy (non-hydrogen) atoms. The van der Waals surface area contributed by atoms with Gasteiger partial charge in [0.2, 0.25) is 5.91 Å². The molecule has 9 nitrogen and oxygen atoms in total. The molecule has 2 aromatic carbocycles. The first-order valence-electron chi connectivity index (χ1n) is 12.3. The molecule has 0 aliphatic carbocycles. The lowest BCUT2D eigenvalue weighted by molar-refractivity contribution is -0.132. The van der Waals surface area contributed by atoms with E-state index in [4.69, 9.17) is 9.47 Å². The molecular weight excluding hydrogens is 470 g/mol. The van der Waals surface area contributed by atoms with Crippen LogP contribution in [-0.2, 0) is 9.53 Å². The standard InChI is InChI=1S/C28H33N5O4/c1-21-7-4-5-10-24(21)28(35)33(17-18-36-2)20-27(34)32-15-13-31(14-16-32)26-12-11-25(29-30-26)22-8-6-9-23(19-22)37-3/h4-12,19H,13-18,20H2,1-3H3. The molecule has 2 amide bonds. The molecule has 0 N–H and O–H groups in total. The van der Waals surface area contributed by atoms with Gasteiger partial charge in [-0.05, 0) is 42.8 Å². The quantitative estimate of drug-likeness (QED) is 0.444. The fourth-order valence-corrected chi connectivity index (χ4v) is 4.32. The summed E-state index contributed by atoms with van der Waals surface area (Å²) in [5.41, 5.74) is 3.19. The highest BCUT2D eigenvalue weighted by Gasteiger charge is 2.26. The number of rotatable bonds is 9. The van der Waals surface area contributed by atoms with E-state index in [1.165, 1.54) is 0 Å². The van der Waals surface area contributed by atoms with Crippen LogP contribution < -0.4 is 9.64 Å². The Kier molecular flexibility index (Phi) is 8.68. The van der Waals surface area contributed by atoms with Crippen LogP contribution in [0.4, 0.5) is 5.82 Å². The van der Waals surface area contributed by atoms with E-state index in [9.17, 15) is 9.59 Å². The van der Waals surface area contributed by atoms with Crippen molar-refractivity contribution in [2.75, 3.05) is 65.0 Å². The van der Waals surface area contributed by atoms with Gasteiger partial charge in [0, 0.05) is 51.0 Å². The summed E-state index contributed by atoms with van der Waals surface area (Å²) in [6, 6.07) is 19.0. The molecule has 194 valence electrons. The molecule has 1 saturated heterocycles. The molecule has 0 atom stereocenters. The number of anilines is 1. The Morgan fingerprint density at radius 2 is 1.73 bits per heavy atom. The van der Waals surface area contributed by atoms with Crippen LogP contribution in [0.25, 0.3) is 11.3 Å². The van der Waals surface area contributed by atoms with Gasteiger partial charge in [-0.3, -0.25) is 9.59 Å². The normalized spacial score (nSPS) is 13.4. The number of hydrogen-bond donors (Lipinski definition) is 0. The number of aromatic nitrogens is 2. The number of carbonyl (C=O) groups excluding carboxylic acids is 2. The number of piperazine rings is 1. The Balaban J connectivity index is 1.35. The zero-order chi connectivity index (χ0) is 26.2. The second kappa shape index (κ2) is 12.3. The molecule has 0 radical (unpaired) electrons. The Bertz CT molecular complexity index is 1210. The molecule has 3 aromatic rings. The van der Waals surface area contributed by atoms with E-state index in [0.717, 1.165) is 28.4 Å². The maximum Gasteiger partial charge on any atom is 0.254 e. The van der Waals surface area contributed by atoms with Crippen molar-refractivity contribution in [2.45, 2.75) is 6.92 Å². The van der Waals surface area contributed by atoms with Crippen LogP contribution in [-0.4, -0.2) is 91.9 Å². The number of methoxy groups -OCH3 is 2. The van der Waals surface area contributed by atoms with Crippen molar-refractivity contribution in [3.63, 3.8) is 0 Å². The first kappa shape index (κ1) is 26.1. The summed E-state index contributed by atoms with van der Waals surface area (Å²) in [6.45, 7) is 5.02. The Morgan fingerprint density at radius 1 is 0.946 bits per heavy atom. The van der Waals surface area contributed by atoms with Gasteiger partial charge < -0.3 is 24.2 Å². The van der Waals surface area contributed by atoms with Gasteiger partial charge in [-0.2, -0.15) is 0 Å². The topological polar surface area (TPSA) is 88.1 Å². The third kappa shape index (κ3) is 6.42. The van der Waals surface area contributed by atoms with Gasteiger partial charge in [0.25, 0.3) is 5.91 Å². The van der Waals surface area contributed by atoms with E-state index in [-0.39, 0.29) is 18.4 Å². The summed E-state index contributed by atoms with van der Waals surface area (Å²) >= 11 is 0. The molecule has 0 unspecified atom stereocenters. The number of benzene rings is 2. The van der Waals surface area contributed by atoms with E-state index in [0.29, 0.717) is 44.9 Å². The predicted octanol–water partition coefficient (Wildman–Crippen LogP) is 2.90. The van der Waals surface area contributed by atoms with Crippen LogP contribution in [0.2, 0.25) is 0 Å². The summed E-state index contributed by atoms with van der Waals surface area (Å²) in [4.78, 5) is 31.8. The van der Waals surface area contributed by atoms with Gasteiger partial charge in [-0.15, -0.1) is 10.2 Å². The predicted molar refractivity (Wildman–Crippen MR) is 142 cm³/mol. The van der Waals surface area contributed by atoms with Crippen molar-refractivity contribution >= 4 is 17.6 Å². The van der Waals surface area contributed by atoms with Crippen molar-refractivity contribution in [1.29, 1.82) is 0 Å². The van der Waals surface area contributed by atoms with Gasteiger partial charge in [-0.25, -0.2) is 0 Å². The van der Waals surface area contributed by atoms with Crippen LogP contribution >= 0.6 is 0 Å². The minimum absolute atomic E-state index is 0.0194. The molecule has 1 aromatic heterocycles. The SMILES string of the molecule is COCCN(CC(=O)N1CCN(c2ccc(-c3cccc(OC)c3)nn2)CC1)C(=O)c1ccccc1C. The number of ether oxygens (including phenoxy) is 2. The van der Waals surface area contributed by atoms with E-state index < -0.39 is 0 Å². The summed E-state index contributed by atoms with van der Waals surface area (Å²) in [5.74, 6) is 1.31. The van der Waals surface area contributed by atoms with Gasteiger partial charge in [0.05, 0.1) is 19.4 Å². The third-order valence-electron chi connectivity index (χ3n) is 6.53. The maximum atomic E-state index is 13.2. The number of nitrogens with zero attached hydrogens (tertiary/aromatic N) is 5. The lowest BCUT2D eigenvalue weighted by Gasteiger charge is -2.36. The highest BCUT2D eigenvalue weighted by atomic mass is 16.5. The lowest BCUT2D eigenvalue weighted by Crippen LogP contribution is -2.52. The summed E-state index contributed by atoms with van der Waals surface area (Å²) in [6.07, 6.45) is 0. The van der Waals surface area contributed by atoms with E-state index in [2.05, 4.69) is 15.1 Å². The van der Waals surface area contributed by atoms with Crippen molar-refractivity contribution in [2.24, 2.45) is 0 Å². The molecule has 9 heteroatoms. The van der Waals surface area contributed by atoms with Gasteiger partial charge >= 0.3 is 0 Å². The van der Waals surface area contributed by atoms with Gasteiger partial charge in [0.15, 0.2) is 5.82 Å². The molecule has 0 saturated carbocycles. The largest absolute Gasteiger partial charge is 0.497 e. The zero-order valence-electron chi connectivity index (χ0n) is 21.6. The number of amides is 2. The molecular formula is C28H33N5O4. The van der Waals surface area contributed by atoms with Crippen LogP contribution in [0.1, 0.15) is 15.9 Å². The number of aryl methyl sites for hydroxylation is 1. The Hall–Kier alpha value is -3.98. The highest BCUT2D eigenvalue weighted by Crippen LogP contribution is 2.23. The van der Waals surface area contributed by atoms with E-state index >= 15 is 0 Å². The average molecular weight is 504 g/mol. The molecule has 2 heterocycles. The van der Waals surface area contributed by atoms with Crippen molar-refractivity contribution in [3.8, 4) is 17.0 Å². The Morgan fingerprint density at radius 3 is 2.41 bits per heavy atom. The Labute approximate surface area is 217 Å². The first-order valence-corrected chi connectivity index (χ1v) is 12.3. The molecule has 1 aliphatic rings. The zero-order valence-corrected chi connectivity index (χ0v) is 21.6. The van der Waals surface area contributed by atoms with Crippen LogP contribution in [0.3, 0.4) is 0 Å². The van der Waals surface area contributed by atoms with Crippen LogP contribution in [0.15, 0.2) is 60.7 Å². The summed E-state index contributed by atoms with van der Waals surface area (Å²) < 4.78 is 10.5. The molecule has 0 bridgehead atoms. The van der Waals surface area contributed by atoms with Gasteiger partial charge in [0.1, 0.15) is 12.3 Å². The lowest BCUT2D eigenvalue weighted by atomic mass is 10.1.